The Hall–Kier alpha value is -0.340. The highest BCUT2D eigenvalue weighted by Crippen LogP contribution is 2.27. The van der Waals surface area contributed by atoms with Gasteiger partial charge in [0.25, 0.3) is 0 Å². The Labute approximate surface area is 93.8 Å². The van der Waals surface area contributed by atoms with E-state index in [9.17, 15) is 0 Å². The summed E-state index contributed by atoms with van der Waals surface area (Å²) in [7, 11) is 0. The van der Waals surface area contributed by atoms with E-state index in [0.717, 1.165) is 24.8 Å². The Balaban J connectivity index is 2.31. The molecule has 0 aromatic carbocycles. The molecule has 3 atom stereocenters. The topological polar surface area (TPSA) is 32.3 Å². The van der Waals surface area contributed by atoms with Crippen molar-refractivity contribution in [3.05, 3.63) is 11.6 Å². The molecule has 1 rings (SSSR count). The second kappa shape index (κ2) is 6.29. The molecule has 1 aliphatic rings. The van der Waals surface area contributed by atoms with Crippen LogP contribution in [-0.4, -0.2) is 24.3 Å². The van der Waals surface area contributed by atoms with Gasteiger partial charge in [-0.1, -0.05) is 25.5 Å². The van der Waals surface area contributed by atoms with E-state index in [0.29, 0.717) is 0 Å². The first-order valence-corrected chi connectivity index (χ1v) is 6.17. The van der Waals surface area contributed by atoms with E-state index in [2.05, 4.69) is 32.2 Å². The molecule has 2 unspecified atom stereocenters. The second-order valence-corrected chi connectivity index (χ2v) is 4.99. The van der Waals surface area contributed by atoms with Crippen molar-refractivity contribution in [3.8, 4) is 0 Å². The molecule has 0 radical (unpaired) electrons. The number of hydrogen-bond acceptors (Lipinski definition) is 2. The maximum Gasteiger partial charge on any atom is 0.0584 e. The quantitative estimate of drug-likeness (QED) is 0.684. The van der Waals surface area contributed by atoms with E-state index < -0.39 is 0 Å². The summed E-state index contributed by atoms with van der Waals surface area (Å²) in [6, 6.07) is 0.284. The Kier molecular flexibility index (Phi) is 5.34. The van der Waals surface area contributed by atoms with E-state index in [4.69, 9.17) is 5.11 Å². The SMILES string of the molecule is CC[C@H](CO)NCC1CC(C)=CC(C)C1. The summed E-state index contributed by atoms with van der Waals surface area (Å²) in [6.45, 7) is 7.94. The third kappa shape index (κ3) is 4.35. The van der Waals surface area contributed by atoms with Gasteiger partial charge in [0.15, 0.2) is 0 Å². The minimum atomic E-state index is 0.258. The highest BCUT2D eigenvalue weighted by molar-refractivity contribution is 5.06. The maximum absolute atomic E-state index is 9.09. The number of allylic oxidation sites excluding steroid dienone is 2. The number of nitrogens with one attached hydrogen (secondary N) is 1. The maximum atomic E-state index is 9.09. The summed E-state index contributed by atoms with van der Waals surface area (Å²) in [5.41, 5.74) is 1.53. The standard InChI is InChI=1S/C13H25NO/c1-4-13(9-15)14-8-12-6-10(2)5-11(3)7-12/h5,10,12-15H,4,6-9H2,1-3H3/t10?,12?,13-/m1/s1. The zero-order valence-electron chi connectivity index (χ0n) is 10.3. The van der Waals surface area contributed by atoms with Gasteiger partial charge in [0, 0.05) is 6.04 Å². The van der Waals surface area contributed by atoms with Gasteiger partial charge in [-0.25, -0.2) is 0 Å². The van der Waals surface area contributed by atoms with Crippen LogP contribution in [0, 0.1) is 11.8 Å². The zero-order valence-corrected chi connectivity index (χ0v) is 10.3. The average Bonchev–Trinajstić information content (AvgIpc) is 2.18. The van der Waals surface area contributed by atoms with Crippen molar-refractivity contribution in [2.45, 2.75) is 46.1 Å². The third-order valence-corrected chi connectivity index (χ3v) is 3.29. The molecule has 0 spiro atoms. The van der Waals surface area contributed by atoms with E-state index in [1.165, 1.54) is 18.4 Å². The molecule has 0 aromatic heterocycles. The van der Waals surface area contributed by atoms with Crippen molar-refractivity contribution in [1.82, 2.24) is 5.32 Å². The van der Waals surface area contributed by atoms with E-state index in [1.807, 2.05) is 0 Å². The molecule has 0 heterocycles. The minimum absolute atomic E-state index is 0.258. The van der Waals surface area contributed by atoms with Crippen molar-refractivity contribution in [2.75, 3.05) is 13.2 Å². The van der Waals surface area contributed by atoms with Gasteiger partial charge in [-0.05, 0) is 44.6 Å². The predicted octanol–water partition coefficient (Wildman–Crippen LogP) is 2.34. The van der Waals surface area contributed by atoms with Crippen LogP contribution in [0.3, 0.4) is 0 Å². The molecule has 1 aliphatic carbocycles. The van der Waals surface area contributed by atoms with Crippen LogP contribution in [0.5, 0.6) is 0 Å². The summed E-state index contributed by atoms with van der Waals surface area (Å²) in [5, 5.41) is 12.5. The Morgan fingerprint density at radius 2 is 2.33 bits per heavy atom. The van der Waals surface area contributed by atoms with Crippen molar-refractivity contribution >= 4 is 0 Å². The summed E-state index contributed by atoms with van der Waals surface area (Å²) in [4.78, 5) is 0. The number of aliphatic hydroxyl groups excluding tert-OH is 1. The van der Waals surface area contributed by atoms with Gasteiger partial charge in [-0.15, -0.1) is 0 Å². The van der Waals surface area contributed by atoms with Crippen LogP contribution in [0.25, 0.3) is 0 Å². The first-order chi connectivity index (χ1) is 7.15. The van der Waals surface area contributed by atoms with Gasteiger partial charge in [-0.2, -0.15) is 0 Å². The predicted molar refractivity (Wildman–Crippen MR) is 64.8 cm³/mol. The van der Waals surface area contributed by atoms with E-state index >= 15 is 0 Å². The van der Waals surface area contributed by atoms with Crippen molar-refractivity contribution in [1.29, 1.82) is 0 Å². The molecule has 0 bridgehead atoms. The fraction of sp³-hybridized carbons (Fsp3) is 0.846. The molecule has 0 fully saturated rings. The monoisotopic (exact) mass is 211 g/mol. The molecule has 15 heavy (non-hydrogen) atoms. The number of hydrogen-bond donors (Lipinski definition) is 2. The number of rotatable bonds is 5. The molecule has 2 N–H and O–H groups in total. The highest BCUT2D eigenvalue weighted by atomic mass is 16.3. The van der Waals surface area contributed by atoms with Gasteiger partial charge in [0.05, 0.1) is 6.61 Å². The summed E-state index contributed by atoms with van der Waals surface area (Å²) in [5.74, 6) is 1.48. The lowest BCUT2D eigenvalue weighted by atomic mass is 9.83. The van der Waals surface area contributed by atoms with Crippen LogP contribution < -0.4 is 5.32 Å². The van der Waals surface area contributed by atoms with Gasteiger partial charge in [0.2, 0.25) is 0 Å². The smallest absolute Gasteiger partial charge is 0.0584 e. The van der Waals surface area contributed by atoms with Gasteiger partial charge in [-0.3, -0.25) is 0 Å². The highest BCUT2D eigenvalue weighted by Gasteiger charge is 2.18. The van der Waals surface area contributed by atoms with Crippen LogP contribution in [0.2, 0.25) is 0 Å². The van der Waals surface area contributed by atoms with Crippen LogP contribution in [-0.2, 0) is 0 Å². The lowest BCUT2D eigenvalue weighted by Gasteiger charge is -2.27. The Bertz CT molecular complexity index is 209. The van der Waals surface area contributed by atoms with Crippen LogP contribution in [0.1, 0.15) is 40.0 Å². The van der Waals surface area contributed by atoms with Gasteiger partial charge < -0.3 is 10.4 Å². The zero-order chi connectivity index (χ0) is 11.3. The second-order valence-electron chi connectivity index (χ2n) is 4.99. The summed E-state index contributed by atoms with van der Waals surface area (Å²) < 4.78 is 0. The van der Waals surface area contributed by atoms with Crippen LogP contribution in [0.4, 0.5) is 0 Å². The van der Waals surface area contributed by atoms with Crippen LogP contribution in [0.15, 0.2) is 11.6 Å². The molecule has 2 nitrogen and oxygen atoms in total. The molecular formula is C13H25NO. The van der Waals surface area contributed by atoms with Crippen molar-refractivity contribution < 1.29 is 5.11 Å². The van der Waals surface area contributed by atoms with Gasteiger partial charge >= 0.3 is 0 Å². The minimum Gasteiger partial charge on any atom is -0.395 e. The number of aliphatic hydroxyl groups is 1. The Morgan fingerprint density at radius 1 is 1.60 bits per heavy atom. The summed E-state index contributed by atoms with van der Waals surface area (Å²) in [6.07, 6.45) is 5.90. The molecule has 0 saturated heterocycles. The molecule has 2 heteroatoms. The molecule has 0 saturated carbocycles. The Morgan fingerprint density at radius 3 is 2.87 bits per heavy atom. The van der Waals surface area contributed by atoms with Crippen molar-refractivity contribution in [2.24, 2.45) is 11.8 Å². The molecule has 0 amide bonds. The summed E-state index contributed by atoms with van der Waals surface area (Å²) >= 11 is 0. The lowest BCUT2D eigenvalue weighted by molar-refractivity contribution is 0.229. The fourth-order valence-electron chi connectivity index (χ4n) is 2.51. The third-order valence-electron chi connectivity index (χ3n) is 3.29. The molecule has 0 aromatic rings. The van der Waals surface area contributed by atoms with Crippen LogP contribution >= 0.6 is 0 Å². The first kappa shape index (κ1) is 12.7. The first-order valence-electron chi connectivity index (χ1n) is 6.17. The largest absolute Gasteiger partial charge is 0.395 e. The molecule has 0 aliphatic heterocycles. The fourth-order valence-corrected chi connectivity index (χ4v) is 2.51. The lowest BCUT2D eigenvalue weighted by Crippen LogP contribution is -2.36. The van der Waals surface area contributed by atoms with Gasteiger partial charge in [0.1, 0.15) is 0 Å². The molecule has 88 valence electrons. The van der Waals surface area contributed by atoms with E-state index in [-0.39, 0.29) is 12.6 Å². The van der Waals surface area contributed by atoms with Crippen molar-refractivity contribution in [3.63, 3.8) is 0 Å². The normalized spacial score (nSPS) is 28.7. The van der Waals surface area contributed by atoms with E-state index in [1.54, 1.807) is 0 Å². The molecular weight excluding hydrogens is 186 g/mol. The average molecular weight is 211 g/mol.